The molecule has 0 fully saturated rings. The lowest BCUT2D eigenvalue weighted by Crippen LogP contribution is -2.09. The van der Waals surface area contributed by atoms with Crippen molar-refractivity contribution in [3.05, 3.63) is 57.1 Å². The summed E-state index contributed by atoms with van der Waals surface area (Å²) >= 11 is 1.52. The molecule has 0 atom stereocenters. The maximum Gasteiger partial charge on any atom is 0.194 e. The van der Waals surface area contributed by atoms with Crippen molar-refractivity contribution in [3.63, 3.8) is 0 Å². The van der Waals surface area contributed by atoms with Gasteiger partial charge in [0.05, 0.1) is 5.03 Å². The third kappa shape index (κ3) is 2.36. The van der Waals surface area contributed by atoms with E-state index in [0.29, 0.717) is 6.54 Å². The second-order valence-corrected chi connectivity index (χ2v) is 5.18. The molecule has 3 heteroatoms. The van der Waals surface area contributed by atoms with Crippen molar-refractivity contribution in [1.82, 2.24) is 5.32 Å². The zero-order valence-corrected chi connectivity index (χ0v) is 9.99. The lowest BCUT2D eigenvalue weighted by molar-refractivity contribution is 0.861. The SMILES string of the molecule is C=C(C)SC(=C)NCc1ccc2c(=O)c2c1. The highest BCUT2D eigenvalue weighted by atomic mass is 32.2. The Morgan fingerprint density at radius 3 is 2.75 bits per heavy atom. The number of benzene rings is 1. The molecule has 0 aliphatic rings. The summed E-state index contributed by atoms with van der Waals surface area (Å²) in [6.45, 7) is 10.3. The number of hydrogen-bond donors (Lipinski definition) is 1. The van der Waals surface area contributed by atoms with E-state index in [9.17, 15) is 4.79 Å². The summed E-state index contributed by atoms with van der Waals surface area (Å²) in [6.07, 6.45) is 0. The standard InChI is InChI=1S/C13H13NOS/c1-8(2)16-9(3)14-7-10-4-5-11-12(6-10)13(11)15/h4-6,14H,1,3,7H2,2H3. The van der Waals surface area contributed by atoms with E-state index in [4.69, 9.17) is 0 Å². The van der Waals surface area contributed by atoms with Crippen molar-refractivity contribution in [2.75, 3.05) is 0 Å². The van der Waals surface area contributed by atoms with Gasteiger partial charge in [-0.2, -0.15) is 0 Å². The topological polar surface area (TPSA) is 29.1 Å². The predicted octanol–water partition coefficient (Wildman–Crippen LogP) is 2.90. The molecule has 0 bridgehead atoms. The lowest BCUT2D eigenvalue weighted by atomic mass is 10.2. The fraction of sp³-hybridized carbons (Fsp3) is 0.154. The van der Waals surface area contributed by atoms with Crippen LogP contribution in [0.1, 0.15) is 12.5 Å². The van der Waals surface area contributed by atoms with E-state index in [1.165, 1.54) is 11.8 Å². The zero-order valence-electron chi connectivity index (χ0n) is 9.17. The second kappa shape index (κ2) is 4.18. The first kappa shape index (κ1) is 11.0. The van der Waals surface area contributed by atoms with Gasteiger partial charge in [0, 0.05) is 17.3 Å². The minimum atomic E-state index is 0.182. The molecular formula is C13H13NOS. The maximum atomic E-state index is 11.1. The number of nitrogens with one attached hydrogen (secondary N) is 1. The molecule has 0 heterocycles. The van der Waals surface area contributed by atoms with Gasteiger partial charge in [0.25, 0.3) is 0 Å². The average Bonchev–Trinajstić information content (AvgIpc) is 2.86. The lowest BCUT2D eigenvalue weighted by Gasteiger charge is -2.08. The van der Waals surface area contributed by atoms with Crippen molar-refractivity contribution in [2.24, 2.45) is 0 Å². The van der Waals surface area contributed by atoms with Crippen molar-refractivity contribution < 1.29 is 0 Å². The van der Waals surface area contributed by atoms with Gasteiger partial charge in [-0.05, 0) is 29.5 Å². The van der Waals surface area contributed by atoms with Crippen LogP contribution in [0.25, 0.3) is 10.8 Å². The highest BCUT2D eigenvalue weighted by Crippen LogP contribution is 2.20. The summed E-state index contributed by atoms with van der Waals surface area (Å²) in [5.41, 5.74) is 1.29. The molecule has 0 aromatic heterocycles. The fourth-order valence-corrected chi connectivity index (χ4v) is 2.05. The van der Waals surface area contributed by atoms with Gasteiger partial charge in [0.15, 0.2) is 5.43 Å². The van der Waals surface area contributed by atoms with Gasteiger partial charge in [-0.25, -0.2) is 0 Å². The summed E-state index contributed by atoms with van der Waals surface area (Å²) in [5, 5.41) is 5.79. The van der Waals surface area contributed by atoms with Gasteiger partial charge in [0.1, 0.15) is 0 Å². The molecule has 1 N–H and O–H groups in total. The highest BCUT2D eigenvalue weighted by molar-refractivity contribution is 8.06. The molecule has 0 saturated carbocycles. The molecule has 2 aromatic rings. The van der Waals surface area contributed by atoms with Crippen molar-refractivity contribution in [2.45, 2.75) is 13.5 Å². The summed E-state index contributed by atoms with van der Waals surface area (Å²) < 4.78 is 0. The molecule has 0 amide bonds. The van der Waals surface area contributed by atoms with Gasteiger partial charge < -0.3 is 5.32 Å². The van der Waals surface area contributed by atoms with E-state index in [-0.39, 0.29) is 5.43 Å². The number of fused-ring (bicyclic) bond motifs is 1. The van der Waals surface area contributed by atoms with Crippen LogP contribution in [0, 0.1) is 0 Å². The molecule has 0 spiro atoms. The van der Waals surface area contributed by atoms with Gasteiger partial charge in [-0.3, -0.25) is 4.79 Å². The Hall–Kier alpha value is -1.48. The molecule has 2 aromatic carbocycles. The van der Waals surface area contributed by atoms with Crippen LogP contribution < -0.4 is 10.7 Å². The Bertz CT molecular complexity index is 575. The van der Waals surface area contributed by atoms with Gasteiger partial charge in [-0.15, -0.1) is 0 Å². The van der Waals surface area contributed by atoms with Gasteiger partial charge in [0.2, 0.25) is 0 Å². The Balaban J connectivity index is 1.93. The number of thioether (sulfide) groups is 1. The molecule has 2 rings (SSSR count). The van der Waals surface area contributed by atoms with E-state index in [1.54, 1.807) is 0 Å². The summed E-state index contributed by atoms with van der Waals surface area (Å²) in [7, 11) is 0. The molecule has 0 aliphatic heterocycles. The Kier molecular flexibility index (Phi) is 2.88. The van der Waals surface area contributed by atoms with Crippen molar-refractivity contribution >= 4 is 22.5 Å². The minimum absolute atomic E-state index is 0.182. The summed E-state index contributed by atoms with van der Waals surface area (Å²) in [6, 6.07) is 5.78. The van der Waals surface area contributed by atoms with Gasteiger partial charge in [-0.1, -0.05) is 31.0 Å². The van der Waals surface area contributed by atoms with Crippen LogP contribution in [0.3, 0.4) is 0 Å². The molecule has 0 aliphatic carbocycles. The van der Waals surface area contributed by atoms with E-state index >= 15 is 0 Å². The zero-order chi connectivity index (χ0) is 11.7. The third-order valence-corrected chi connectivity index (χ3v) is 3.04. The Morgan fingerprint density at radius 2 is 2.12 bits per heavy atom. The maximum absolute atomic E-state index is 11.1. The molecule has 0 unspecified atom stereocenters. The summed E-state index contributed by atoms with van der Waals surface area (Å²) in [4.78, 5) is 12.1. The molecule has 16 heavy (non-hydrogen) atoms. The Morgan fingerprint density at radius 1 is 1.38 bits per heavy atom. The highest BCUT2D eigenvalue weighted by Gasteiger charge is 2.11. The van der Waals surface area contributed by atoms with E-state index in [1.807, 2.05) is 25.1 Å². The van der Waals surface area contributed by atoms with Crippen LogP contribution in [0.2, 0.25) is 0 Å². The largest absolute Gasteiger partial charge is 0.376 e. The average molecular weight is 231 g/mol. The molecular weight excluding hydrogens is 218 g/mol. The molecule has 0 radical (unpaired) electrons. The normalized spacial score (nSPS) is 10.8. The Labute approximate surface area is 98.7 Å². The van der Waals surface area contributed by atoms with Crippen molar-refractivity contribution in [3.8, 4) is 0 Å². The second-order valence-electron chi connectivity index (χ2n) is 3.79. The fourth-order valence-electron chi connectivity index (χ4n) is 1.49. The quantitative estimate of drug-likeness (QED) is 0.858. The van der Waals surface area contributed by atoms with Crippen LogP contribution in [0.15, 0.2) is 46.1 Å². The number of allylic oxidation sites excluding steroid dienone is 1. The smallest absolute Gasteiger partial charge is 0.194 e. The number of rotatable bonds is 5. The van der Waals surface area contributed by atoms with E-state index in [2.05, 4.69) is 18.5 Å². The molecule has 0 saturated heterocycles. The first-order valence-electron chi connectivity index (χ1n) is 5.01. The number of hydrogen-bond acceptors (Lipinski definition) is 3. The van der Waals surface area contributed by atoms with Crippen LogP contribution in [-0.4, -0.2) is 0 Å². The van der Waals surface area contributed by atoms with Crippen LogP contribution in [0.4, 0.5) is 0 Å². The monoisotopic (exact) mass is 231 g/mol. The van der Waals surface area contributed by atoms with E-state index < -0.39 is 0 Å². The minimum Gasteiger partial charge on any atom is -0.376 e. The predicted molar refractivity (Wildman–Crippen MR) is 71.0 cm³/mol. The summed E-state index contributed by atoms with van der Waals surface area (Å²) in [5.74, 6) is 0. The van der Waals surface area contributed by atoms with Crippen LogP contribution in [0.5, 0.6) is 0 Å². The van der Waals surface area contributed by atoms with Crippen molar-refractivity contribution in [1.29, 1.82) is 0 Å². The third-order valence-electron chi connectivity index (χ3n) is 2.30. The van der Waals surface area contributed by atoms with E-state index in [0.717, 1.165) is 26.3 Å². The first-order valence-corrected chi connectivity index (χ1v) is 5.83. The molecule has 82 valence electrons. The van der Waals surface area contributed by atoms with Gasteiger partial charge >= 0.3 is 0 Å². The first-order chi connectivity index (χ1) is 7.58. The molecule has 2 nitrogen and oxygen atoms in total. The van der Waals surface area contributed by atoms with Crippen LogP contribution >= 0.6 is 11.8 Å². The van der Waals surface area contributed by atoms with Crippen LogP contribution in [-0.2, 0) is 6.54 Å².